The summed E-state index contributed by atoms with van der Waals surface area (Å²) >= 11 is 14.2. The molecule has 4 heterocycles. The second-order valence-corrected chi connectivity index (χ2v) is 14.8. The third-order valence-electron chi connectivity index (χ3n) is 11.0. The van der Waals surface area contributed by atoms with Crippen LogP contribution in [-0.2, 0) is 22.7 Å². The molecule has 2 aliphatic carbocycles. The third-order valence-corrected chi connectivity index (χ3v) is 11.9. The van der Waals surface area contributed by atoms with E-state index in [0.29, 0.717) is 93.5 Å². The minimum Gasteiger partial charge on any atom is -0.480 e. The van der Waals surface area contributed by atoms with E-state index >= 15 is 0 Å². The highest BCUT2D eigenvalue weighted by molar-refractivity contribution is 6.39. The van der Waals surface area contributed by atoms with E-state index in [1.165, 1.54) is 0 Å². The van der Waals surface area contributed by atoms with Gasteiger partial charge in [0, 0.05) is 72.4 Å². The van der Waals surface area contributed by atoms with Gasteiger partial charge in [-0.3, -0.25) is 19.6 Å². The van der Waals surface area contributed by atoms with E-state index in [2.05, 4.69) is 21.3 Å². The second-order valence-electron chi connectivity index (χ2n) is 14.0. The Morgan fingerprint density at radius 2 is 1.10 bits per heavy atom. The molecule has 4 N–H and O–H groups in total. The summed E-state index contributed by atoms with van der Waals surface area (Å²) < 4.78 is 11.3. The Balaban J connectivity index is 1.00. The molecule has 4 aliphatic rings. The Hall–Kier alpha value is -4.36. The van der Waals surface area contributed by atoms with Gasteiger partial charge in [0.05, 0.1) is 48.0 Å². The Bertz CT molecular complexity index is 1890. The SMILES string of the molecule is COc1nc(-c2cccc(-c3cccc(-c4cnc(CN[C@@H]5CC[C@@H]6CC(=O)N[C@@H]65)c(OC)n4)c3Cl)c2Cl)cnc1CN[C@@H]1CC[C@@H]2CC(=O)N[C@@H]21. The first-order chi connectivity index (χ1) is 25.3. The standard InChI is InChI=1S/C38H40Cl2N8O4/c1-51-37-29(17-41-25-11-9-19-13-31(49)47-35(19)25)43-15-27(45-37)23-7-3-5-21(33(23)39)22-6-4-8-24(34(22)40)28-16-44-30(38(46-28)52-2)18-42-26-12-10-20-14-32(50)48-36(20)26/h3-8,15-16,19-20,25-26,35-36,41-42H,9-14,17-18H2,1-2H3,(H,47,49)(H,48,50)/t19-,20-,25-,26-,35+,36+/m1/s1. The largest absolute Gasteiger partial charge is 0.480 e. The van der Waals surface area contributed by atoms with Crippen LogP contribution in [0.1, 0.15) is 49.9 Å². The van der Waals surface area contributed by atoms with Crippen LogP contribution in [0.4, 0.5) is 0 Å². The highest BCUT2D eigenvalue weighted by Gasteiger charge is 2.43. The zero-order valence-corrected chi connectivity index (χ0v) is 30.4. The van der Waals surface area contributed by atoms with Crippen molar-refractivity contribution in [1.82, 2.24) is 41.2 Å². The van der Waals surface area contributed by atoms with Gasteiger partial charge < -0.3 is 30.7 Å². The van der Waals surface area contributed by atoms with Gasteiger partial charge in [-0.15, -0.1) is 0 Å². The number of ether oxygens (including phenoxy) is 2. The molecule has 2 amide bonds. The summed E-state index contributed by atoms with van der Waals surface area (Å²) in [6.07, 6.45) is 8.67. The lowest BCUT2D eigenvalue weighted by Crippen LogP contribution is -2.44. The average Bonchev–Trinajstić information content (AvgIpc) is 3.92. The molecular weight excluding hydrogens is 703 g/mol. The van der Waals surface area contributed by atoms with Crippen molar-refractivity contribution in [2.75, 3.05) is 14.2 Å². The van der Waals surface area contributed by atoms with E-state index in [9.17, 15) is 9.59 Å². The fourth-order valence-electron chi connectivity index (χ4n) is 8.44. The number of nitrogens with zero attached hydrogens (tertiary/aromatic N) is 4. The van der Waals surface area contributed by atoms with Crippen molar-refractivity contribution in [3.8, 4) is 45.4 Å². The number of carbonyl (C=O) groups excluding carboxylic acids is 2. The molecule has 4 fully saturated rings. The van der Waals surface area contributed by atoms with Gasteiger partial charge in [-0.05, 0) is 37.5 Å². The van der Waals surface area contributed by atoms with Gasteiger partial charge in [-0.1, -0.05) is 59.6 Å². The number of methoxy groups -OCH3 is 2. The van der Waals surface area contributed by atoms with Crippen molar-refractivity contribution >= 4 is 35.0 Å². The highest BCUT2D eigenvalue weighted by atomic mass is 35.5. The minimum absolute atomic E-state index is 0.127. The maximum absolute atomic E-state index is 11.9. The summed E-state index contributed by atoms with van der Waals surface area (Å²) in [7, 11) is 3.15. The third kappa shape index (κ3) is 6.57. The summed E-state index contributed by atoms with van der Waals surface area (Å²) in [4.78, 5) is 42.8. The Labute approximate surface area is 311 Å². The molecule has 2 saturated carbocycles. The molecule has 14 heteroatoms. The van der Waals surface area contributed by atoms with Crippen molar-refractivity contribution in [3.05, 3.63) is 70.2 Å². The number of halogens is 2. The number of amides is 2. The van der Waals surface area contributed by atoms with Gasteiger partial charge in [0.2, 0.25) is 23.6 Å². The predicted octanol–water partition coefficient (Wildman–Crippen LogP) is 5.11. The Morgan fingerprint density at radius 3 is 1.52 bits per heavy atom. The van der Waals surface area contributed by atoms with Crippen molar-refractivity contribution in [3.63, 3.8) is 0 Å². The molecule has 4 aromatic rings. The lowest BCUT2D eigenvalue weighted by Gasteiger charge is -2.20. The van der Waals surface area contributed by atoms with E-state index in [0.717, 1.165) is 36.8 Å². The summed E-state index contributed by atoms with van der Waals surface area (Å²) in [5, 5.41) is 14.3. The summed E-state index contributed by atoms with van der Waals surface area (Å²) in [5.74, 6) is 1.84. The van der Waals surface area contributed by atoms with Crippen molar-refractivity contribution in [1.29, 1.82) is 0 Å². The zero-order chi connectivity index (χ0) is 35.9. The summed E-state index contributed by atoms with van der Waals surface area (Å²) in [6.45, 7) is 0.922. The van der Waals surface area contributed by atoms with Crippen LogP contribution in [0.3, 0.4) is 0 Å². The number of carbonyl (C=O) groups is 2. The predicted molar refractivity (Wildman–Crippen MR) is 197 cm³/mol. The summed E-state index contributed by atoms with van der Waals surface area (Å²) in [6, 6.07) is 12.1. The van der Waals surface area contributed by atoms with Crippen LogP contribution in [0.25, 0.3) is 33.6 Å². The fourth-order valence-corrected chi connectivity index (χ4v) is 9.08. The zero-order valence-electron chi connectivity index (χ0n) is 28.9. The molecule has 8 rings (SSSR count). The lowest BCUT2D eigenvalue weighted by molar-refractivity contribution is -0.120. The normalized spacial score (nSPS) is 24.8. The fraction of sp³-hybridized carbons (Fsp3) is 0.421. The molecule has 0 spiro atoms. The van der Waals surface area contributed by atoms with Crippen LogP contribution < -0.4 is 30.7 Å². The number of hydrogen-bond donors (Lipinski definition) is 4. The lowest BCUT2D eigenvalue weighted by atomic mass is 9.98. The molecule has 270 valence electrons. The van der Waals surface area contributed by atoms with Crippen LogP contribution in [-0.4, -0.2) is 70.1 Å². The highest BCUT2D eigenvalue weighted by Crippen LogP contribution is 2.42. The number of fused-ring (bicyclic) bond motifs is 2. The Kier molecular flexibility index (Phi) is 9.73. The van der Waals surface area contributed by atoms with E-state index < -0.39 is 0 Å². The molecule has 0 bridgehead atoms. The first kappa shape index (κ1) is 34.7. The Morgan fingerprint density at radius 1 is 0.673 bits per heavy atom. The number of aromatic nitrogens is 4. The smallest absolute Gasteiger partial charge is 0.237 e. The van der Waals surface area contributed by atoms with Crippen molar-refractivity contribution in [2.45, 2.75) is 75.8 Å². The van der Waals surface area contributed by atoms with Crippen LogP contribution in [0.2, 0.25) is 10.0 Å². The van der Waals surface area contributed by atoms with Crippen LogP contribution in [0.5, 0.6) is 11.8 Å². The van der Waals surface area contributed by atoms with E-state index in [1.807, 2.05) is 36.4 Å². The molecule has 6 atom stereocenters. The van der Waals surface area contributed by atoms with Crippen molar-refractivity contribution in [2.24, 2.45) is 11.8 Å². The molecule has 0 radical (unpaired) electrons. The maximum atomic E-state index is 11.9. The first-order valence-corrected chi connectivity index (χ1v) is 18.5. The first-order valence-electron chi connectivity index (χ1n) is 17.7. The monoisotopic (exact) mass is 742 g/mol. The molecule has 2 aromatic heterocycles. The minimum atomic E-state index is 0.127. The molecular formula is C38H40Cl2N8O4. The molecule has 2 aliphatic heterocycles. The summed E-state index contributed by atoms with van der Waals surface area (Å²) in [5.41, 5.74) is 5.29. The molecule has 52 heavy (non-hydrogen) atoms. The van der Waals surface area contributed by atoms with Crippen LogP contribution in [0.15, 0.2) is 48.8 Å². The average molecular weight is 744 g/mol. The van der Waals surface area contributed by atoms with E-state index in [1.54, 1.807) is 26.6 Å². The molecule has 12 nitrogen and oxygen atoms in total. The number of nitrogens with one attached hydrogen (secondary N) is 4. The van der Waals surface area contributed by atoms with Gasteiger partial charge in [0.1, 0.15) is 11.4 Å². The van der Waals surface area contributed by atoms with Gasteiger partial charge in [0.25, 0.3) is 0 Å². The quantitative estimate of drug-likeness (QED) is 0.163. The maximum Gasteiger partial charge on any atom is 0.237 e. The van der Waals surface area contributed by atoms with Gasteiger partial charge >= 0.3 is 0 Å². The van der Waals surface area contributed by atoms with Crippen molar-refractivity contribution < 1.29 is 19.1 Å². The molecule has 2 aromatic carbocycles. The molecule has 0 unspecified atom stereocenters. The van der Waals surface area contributed by atoms with E-state index in [4.69, 9.17) is 52.6 Å². The number of rotatable bonds is 11. The van der Waals surface area contributed by atoms with Crippen LogP contribution >= 0.6 is 23.2 Å². The van der Waals surface area contributed by atoms with Gasteiger partial charge in [-0.2, -0.15) is 0 Å². The number of benzene rings is 2. The van der Waals surface area contributed by atoms with Gasteiger partial charge in [-0.25, -0.2) is 9.97 Å². The van der Waals surface area contributed by atoms with Crippen LogP contribution in [0, 0.1) is 11.8 Å². The van der Waals surface area contributed by atoms with E-state index in [-0.39, 0.29) is 36.0 Å². The number of hydrogen-bond acceptors (Lipinski definition) is 10. The van der Waals surface area contributed by atoms with Gasteiger partial charge in [0.15, 0.2) is 0 Å². The molecule has 2 saturated heterocycles. The second kappa shape index (κ2) is 14.6. The topological polar surface area (TPSA) is 152 Å².